The Morgan fingerprint density at radius 3 is 1.56 bits per heavy atom. The molecule has 0 aliphatic rings. The molecule has 4 rings (SSSR count). The van der Waals surface area contributed by atoms with Gasteiger partial charge in [0.15, 0.2) is 0 Å². The summed E-state index contributed by atoms with van der Waals surface area (Å²) >= 11 is 0. The van der Waals surface area contributed by atoms with E-state index in [1.807, 2.05) is 50.2 Å². The topological polar surface area (TPSA) is 128 Å². The van der Waals surface area contributed by atoms with Gasteiger partial charge in [-0.2, -0.15) is 0 Å². The second kappa shape index (κ2) is 10.9. The number of fused-ring (bicyclic) bond motifs is 2. The number of hydroxylamine groups is 2. The highest BCUT2D eigenvalue weighted by atomic mass is 16.9. The Bertz CT molecular complexity index is 1300. The zero-order valence-electron chi connectivity index (χ0n) is 20.7. The van der Waals surface area contributed by atoms with E-state index in [0.29, 0.717) is 60.8 Å². The lowest BCUT2D eigenvalue weighted by Gasteiger charge is -2.16. The van der Waals surface area contributed by atoms with E-state index in [2.05, 4.69) is 9.97 Å². The lowest BCUT2D eigenvalue weighted by molar-refractivity contribution is -0.352. The van der Waals surface area contributed by atoms with Crippen LogP contribution in [0.25, 0.3) is 21.8 Å². The summed E-state index contributed by atoms with van der Waals surface area (Å²) in [4.78, 5) is 41.1. The van der Waals surface area contributed by atoms with Gasteiger partial charge in [-0.25, -0.2) is 9.59 Å². The van der Waals surface area contributed by atoms with Gasteiger partial charge in [0.2, 0.25) is 0 Å². The fourth-order valence-electron chi connectivity index (χ4n) is 4.54. The molecule has 36 heavy (non-hydrogen) atoms. The molecule has 0 aliphatic heterocycles. The second-order valence-electron chi connectivity index (χ2n) is 8.64. The van der Waals surface area contributed by atoms with Gasteiger partial charge in [-0.1, -0.05) is 31.2 Å². The molecule has 0 spiro atoms. The molecule has 0 amide bonds. The number of hydrogen-bond acceptors (Lipinski definition) is 5. The second-order valence-corrected chi connectivity index (χ2v) is 8.64. The number of carboxylic acid groups (broad SMARTS) is 2. The smallest absolute Gasteiger partial charge is 0.338 e. The molecule has 0 saturated carbocycles. The molecule has 0 bridgehead atoms. The van der Waals surface area contributed by atoms with E-state index in [9.17, 15) is 19.8 Å². The van der Waals surface area contributed by atoms with Gasteiger partial charge in [0.05, 0.1) is 24.3 Å². The van der Waals surface area contributed by atoms with Crippen molar-refractivity contribution < 1.29 is 29.5 Å². The molecule has 0 aliphatic carbocycles. The Morgan fingerprint density at radius 1 is 0.778 bits per heavy atom. The average molecular weight is 494 g/mol. The largest absolute Gasteiger partial charge is 0.478 e. The molecule has 0 fully saturated rings. The summed E-state index contributed by atoms with van der Waals surface area (Å²) in [7, 11) is 1.68. The van der Waals surface area contributed by atoms with Crippen molar-refractivity contribution >= 4 is 33.7 Å². The number of hydrogen-bond donors (Lipinski definition) is 4. The van der Waals surface area contributed by atoms with Crippen molar-refractivity contribution in [1.29, 1.82) is 0 Å². The molecule has 4 aromatic rings. The van der Waals surface area contributed by atoms with Crippen LogP contribution in [0.3, 0.4) is 0 Å². The molecule has 2 heterocycles. The average Bonchev–Trinajstić information content (AvgIpc) is 3.41. The number of aromatic amines is 2. The number of aromatic nitrogens is 2. The number of nitrogens with one attached hydrogen (secondary N) is 2. The maximum Gasteiger partial charge on any atom is 0.338 e. The van der Waals surface area contributed by atoms with Gasteiger partial charge in [0.25, 0.3) is 0 Å². The van der Waals surface area contributed by atoms with Crippen LogP contribution < -0.4 is 0 Å². The molecule has 0 radical (unpaired) electrons. The van der Waals surface area contributed by atoms with Crippen LogP contribution in [0.2, 0.25) is 0 Å². The van der Waals surface area contributed by atoms with Gasteiger partial charge in [-0.15, -0.1) is 0 Å². The zero-order chi connectivity index (χ0) is 25.8. The van der Waals surface area contributed by atoms with Crippen LogP contribution in [0.15, 0.2) is 36.4 Å². The number of H-pyrrole nitrogens is 2. The van der Waals surface area contributed by atoms with E-state index < -0.39 is 11.9 Å². The molecule has 190 valence electrons. The third kappa shape index (κ3) is 5.28. The van der Waals surface area contributed by atoms with Crippen LogP contribution in [-0.4, -0.2) is 57.6 Å². The predicted octanol–water partition coefficient (Wildman–Crippen LogP) is 4.75. The maximum absolute atomic E-state index is 11.7. The minimum atomic E-state index is -0.930. The summed E-state index contributed by atoms with van der Waals surface area (Å²) < 4.78 is 0. The SMILES string of the molecule is CCc1[nH]c2ccc(CCON(C)OCCc3ccc4[nH]c(CC)c(C(=O)O)c4c3)cc2c1C(=O)O. The van der Waals surface area contributed by atoms with Crippen molar-refractivity contribution in [3.8, 4) is 0 Å². The highest BCUT2D eigenvalue weighted by Gasteiger charge is 2.18. The van der Waals surface area contributed by atoms with Crippen LogP contribution in [0, 0.1) is 0 Å². The molecule has 9 nitrogen and oxygen atoms in total. The van der Waals surface area contributed by atoms with Gasteiger partial charge in [-0.3, -0.25) is 9.68 Å². The van der Waals surface area contributed by atoms with Gasteiger partial charge < -0.3 is 20.2 Å². The fraction of sp³-hybridized carbons (Fsp3) is 0.333. The third-order valence-electron chi connectivity index (χ3n) is 6.34. The first-order valence-corrected chi connectivity index (χ1v) is 12.0. The van der Waals surface area contributed by atoms with Crippen molar-refractivity contribution in [3.63, 3.8) is 0 Å². The number of carbonyl (C=O) groups is 2. The van der Waals surface area contributed by atoms with Crippen LogP contribution in [-0.2, 0) is 35.4 Å². The summed E-state index contributed by atoms with van der Waals surface area (Å²) in [6, 6.07) is 11.5. The molecule has 9 heteroatoms. The molecule has 4 N–H and O–H groups in total. The first kappa shape index (κ1) is 25.4. The molecular formula is C27H31N3O6. The summed E-state index contributed by atoms with van der Waals surface area (Å²) in [5.74, 6) is -1.86. The van der Waals surface area contributed by atoms with Gasteiger partial charge in [-0.05, 0) is 61.1 Å². The highest BCUT2D eigenvalue weighted by Crippen LogP contribution is 2.26. The third-order valence-corrected chi connectivity index (χ3v) is 6.34. The van der Waals surface area contributed by atoms with Crippen molar-refractivity contribution in [2.24, 2.45) is 0 Å². The quantitative estimate of drug-likeness (QED) is 0.210. The number of carboxylic acids is 2. The van der Waals surface area contributed by atoms with Crippen molar-refractivity contribution in [2.45, 2.75) is 39.5 Å². The molecule has 2 aromatic heterocycles. The van der Waals surface area contributed by atoms with Crippen molar-refractivity contribution in [2.75, 3.05) is 20.3 Å². The standard InChI is InChI=1S/C27H31N3O6/c1-4-20-24(26(31)32)18-14-16(6-8-22(18)28-20)10-12-35-30(3)36-13-11-17-7-9-23-19(15-17)25(27(33)34)21(5-2)29-23/h6-9,14-15,28-29H,4-5,10-13H2,1-3H3,(H,31,32)(H,33,34). The zero-order valence-corrected chi connectivity index (χ0v) is 20.7. The lowest BCUT2D eigenvalue weighted by Crippen LogP contribution is -2.22. The Kier molecular flexibility index (Phi) is 7.73. The van der Waals surface area contributed by atoms with Crippen LogP contribution >= 0.6 is 0 Å². The first-order valence-electron chi connectivity index (χ1n) is 12.0. The summed E-state index contributed by atoms with van der Waals surface area (Å²) in [6.45, 7) is 4.59. The Labute approximate surface area is 208 Å². The Morgan fingerprint density at radius 2 is 1.19 bits per heavy atom. The number of aryl methyl sites for hydroxylation is 2. The van der Waals surface area contributed by atoms with Crippen molar-refractivity contribution in [1.82, 2.24) is 15.2 Å². The summed E-state index contributed by atoms with van der Waals surface area (Å²) in [6.07, 6.45) is 2.43. The van der Waals surface area contributed by atoms with E-state index in [0.717, 1.165) is 33.5 Å². The van der Waals surface area contributed by atoms with Gasteiger partial charge in [0, 0.05) is 40.2 Å². The number of aromatic carboxylic acids is 2. The van der Waals surface area contributed by atoms with E-state index >= 15 is 0 Å². The first-order chi connectivity index (χ1) is 17.3. The molecule has 0 saturated heterocycles. The highest BCUT2D eigenvalue weighted by molar-refractivity contribution is 6.05. The number of nitrogens with zero attached hydrogens (tertiary/aromatic N) is 1. The monoisotopic (exact) mass is 493 g/mol. The summed E-state index contributed by atoms with van der Waals surface area (Å²) in [5, 5.41) is 21.9. The molecule has 0 atom stereocenters. The van der Waals surface area contributed by atoms with Crippen molar-refractivity contribution in [3.05, 3.63) is 70.0 Å². The minimum absolute atomic E-state index is 0.329. The van der Waals surface area contributed by atoms with E-state index in [1.165, 1.54) is 5.23 Å². The normalized spacial score (nSPS) is 11.7. The minimum Gasteiger partial charge on any atom is -0.478 e. The maximum atomic E-state index is 11.7. The number of benzene rings is 2. The van der Waals surface area contributed by atoms with Gasteiger partial charge in [0.1, 0.15) is 0 Å². The van der Waals surface area contributed by atoms with E-state index in [-0.39, 0.29) is 0 Å². The van der Waals surface area contributed by atoms with Crippen LogP contribution in [0.1, 0.15) is 57.1 Å². The van der Waals surface area contributed by atoms with Crippen LogP contribution in [0.4, 0.5) is 0 Å². The summed E-state index contributed by atoms with van der Waals surface area (Å²) in [5.41, 5.74) is 5.67. The Hall–Kier alpha value is -3.66. The van der Waals surface area contributed by atoms with E-state index in [1.54, 1.807) is 7.05 Å². The molecule has 0 unspecified atom stereocenters. The molecule has 2 aromatic carbocycles. The van der Waals surface area contributed by atoms with Gasteiger partial charge >= 0.3 is 11.9 Å². The fourth-order valence-corrected chi connectivity index (χ4v) is 4.54. The van der Waals surface area contributed by atoms with E-state index in [4.69, 9.17) is 9.68 Å². The number of rotatable bonds is 12. The Balaban J connectivity index is 1.30. The molecular weight excluding hydrogens is 462 g/mol. The lowest BCUT2D eigenvalue weighted by atomic mass is 10.1. The van der Waals surface area contributed by atoms with Crippen LogP contribution in [0.5, 0.6) is 0 Å². The predicted molar refractivity (Wildman–Crippen MR) is 136 cm³/mol.